The van der Waals surface area contributed by atoms with Crippen molar-refractivity contribution in [3.63, 3.8) is 0 Å². The van der Waals surface area contributed by atoms with Crippen molar-refractivity contribution in [3.05, 3.63) is 65.0 Å². The normalized spacial score (nSPS) is 11.7. The Morgan fingerprint density at radius 2 is 1.92 bits per heavy atom. The van der Waals surface area contributed by atoms with Crippen LogP contribution in [0.3, 0.4) is 0 Å². The minimum absolute atomic E-state index is 0.0477. The Balaban J connectivity index is 2.06. The molecule has 0 aliphatic carbocycles. The molecule has 2 rings (SSSR count). The maximum Gasteiger partial charge on any atom is 0.305 e. The van der Waals surface area contributed by atoms with E-state index in [9.17, 15) is 14.0 Å². The number of aryl methyl sites for hydroxylation is 2. The van der Waals surface area contributed by atoms with Gasteiger partial charge in [-0.1, -0.05) is 36.4 Å². The molecule has 2 aromatic rings. The van der Waals surface area contributed by atoms with E-state index in [2.05, 4.69) is 5.32 Å². The Hall–Kier alpha value is -2.89. The average molecular weight is 359 g/mol. The van der Waals surface area contributed by atoms with Crippen LogP contribution in [0.2, 0.25) is 0 Å². The third kappa shape index (κ3) is 5.05. The number of halogens is 1. The van der Waals surface area contributed by atoms with Gasteiger partial charge in [0.15, 0.2) is 11.6 Å². The van der Waals surface area contributed by atoms with Crippen molar-refractivity contribution < 1.29 is 23.8 Å². The molecule has 138 valence electrons. The van der Waals surface area contributed by atoms with Crippen LogP contribution in [0.1, 0.15) is 35.6 Å². The summed E-state index contributed by atoms with van der Waals surface area (Å²) >= 11 is 0. The minimum Gasteiger partial charge on any atom is -0.494 e. The Morgan fingerprint density at radius 1 is 1.19 bits per heavy atom. The van der Waals surface area contributed by atoms with E-state index >= 15 is 0 Å². The van der Waals surface area contributed by atoms with Gasteiger partial charge >= 0.3 is 5.97 Å². The van der Waals surface area contributed by atoms with E-state index in [-0.39, 0.29) is 30.9 Å². The fourth-order valence-corrected chi connectivity index (χ4v) is 2.81. The van der Waals surface area contributed by atoms with Gasteiger partial charge in [0.25, 0.3) is 0 Å². The Labute approximate surface area is 151 Å². The predicted molar refractivity (Wildman–Crippen MR) is 95.6 cm³/mol. The first-order valence-corrected chi connectivity index (χ1v) is 8.30. The standard InChI is InChI=1S/C20H22FNO4/c1-13-6-3-4-8-15(13)16(12-19(24)25)22-18(23)11-10-14-7-5-9-17(26-2)20(14)21/h3-9,16H,10-12H2,1-2H3,(H,22,23)(H,24,25). The van der Waals surface area contributed by atoms with Crippen molar-refractivity contribution in [1.82, 2.24) is 5.32 Å². The molecule has 6 heteroatoms. The molecule has 0 saturated carbocycles. The minimum atomic E-state index is -1.00. The number of nitrogens with one attached hydrogen (secondary N) is 1. The van der Waals surface area contributed by atoms with Gasteiger partial charge in [-0.2, -0.15) is 0 Å². The van der Waals surface area contributed by atoms with Crippen LogP contribution in [-0.4, -0.2) is 24.1 Å². The maximum atomic E-state index is 14.1. The number of amides is 1. The van der Waals surface area contributed by atoms with Gasteiger partial charge in [0.05, 0.1) is 19.6 Å². The van der Waals surface area contributed by atoms with E-state index in [0.717, 1.165) is 11.1 Å². The molecule has 0 bridgehead atoms. The van der Waals surface area contributed by atoms with Gasteiger partial charge in [0.1, 0.15) is 0 Å². The van der Waals surface area contributed by atoms with E-state index in [0.29, 0.717) is 5.56 Å². The lowest BCUT2D eigenvalue weighted by molar-refractivity contribution is -0.137. The van der Waals surface area contributed by atoms with Gasteiger partial charge in [0.2, 0.25) is 5.91 Å². The quantitative estimate of drug-likeness (QED) is 0.757. The molecule has 0 aliphatic rings. The molecule has 26 heavy (non-hydrogen) atoms. The number of carboxylic acids is 1. The van der Waals surface area contributed by atoms with Gasteiger partial charge in [0, 0.05) is 6.42 Å². The summed E-state index contributed by atoms with van der Waals surface area (Å²) < 4.78 is 19.1. The third-order valence-corrected chi connectivity index (χ3v) is 4.16. The maximum absolute atomic E-state index is 14.1. The summed E-state index contributed by atoms with van der Waals surface area (Å²) in [4.78, 5) is 23.5. The number of hydrogen-bond donors (Lipinski definition) is 2. The predicted octanol–water partition coefficient (Wildman–Crippen LogP) is 3.41. The average Bonchev–Trinajstić information content (AvgIpc) is 2.60. The van der Waals surface area contributed by atoms with E-state index in [1.54, 1.807) is 24.3 Å². The first kappa shape index (κ1) is 19.4. The van der Waals surface area contributed by atoms with E-state index in [1.807, 2.05) is 19.1 Å². The molecule has 0 spiro atoms. The molecule has 0 heterocycles. The molecule has 0 radical (unpaired) electrons. The van der Waals surface area contributed by atoms with Gasteiger partial charge in [-0.05, 0) is 36.1 Å². The van der Waals surface area contributed by atoms with Crippen molar-refractivity contribution in [1.29, 1.82) is 0 Å². The van der Waals surface area contributed by atoms with Crippen LogP contribution in [0, 0.1) is 12.7 Å². The molecule has 0 aliphatic heterocycles. The number of carboxylic acid groups (broad SMARTS) is 1. The highest BCUT2D eigenvalue weighted by Gasteiger charge is 2.20. The van der Waals surface area contributed by atoms with Gasteiger partial charge < -0.3 is 15.2 Å². The molecule has 2 aromatic carbocycles. The number of carbonyl (C=O) groups is 2. The zero-order valence-electron chi connectivity index (χ0n) is 14.8. The van der Waals surface area contributed by atoms with Crippen LogP contribution < -0.4 is 10.1 Å². The fraction of sp³-hybridized carbons (Fsp3) is 0.300. The van der Waals surface area contributed by atoms with Crippen molar-refractivity contribution in [2.45, 2.75) is 32.2 Å². The number of methoxy groups -OCH3 is 1. The Bertz CT molecular complexity index is 791. The largest absolute Gasteiger partial charge is 0.494 e. The van der Waals surface area contributed by atoms with E-state index in [4.69, 9.17) is 9.84 Å². The van der Waals surface area contributed by atoms with Crippen LogP contribution in [0.5, 0.6) is 5.75 Å². The molecule has 1 unspecified atom stereocenters. The van der Waals surface area contributed by atoms with E-state index in [1.165, 1.54) is 13.2 Å². The third-order valence-electron chi connectivity index (χ3n) is 4.16. The highest BCUT2D eigenvalue weighted by atomic mass is 19.1. The molecular formula is C20H22FNO4. The lowest BCUT2D eigenvalue weighted by atomic mass is 9.98. The lowest BCUT2D eigenvalue weighted by Gasteiger charge is -2.19. The molecule has 0 saturated heterocycles. The first-order valence-electron chi connectivity index (χ1n) is 8.30. The monoisotopic (exact) mass is 359 g/mol. The number of ether oxygens (including phenoxy) is 1. The molecule has 1 atom stereocenters. The van der Waals surface area contributed by atoms with Crippen molar-refractivity contribution in [2.75, 3.05) is 7.11 Å². The summed E-state index contributed by atoms with van der Waals surface area (Å²) in [6.07, 6.45) is 0.0264. The number of benzene rings is 2. The second-order valence-corrected chi connectivity index (χ2v) is 6.01. The van der Waals surface area contributed by atoms with Crippen LogP contribution in [0.25, 0.3) is 0 Å². The number of carbonyl (C=O) groups excluding carboxylic acids is 1. The van der Waals surface area contributed by atoms with Crippen LogP contribution >= 0.6 is 0 Å². The summed E-state index contributed by atoms with van der Waals surface area (Å²) in [5.41, 5.74) is 2.04. The molecule has 0 aromatic heterocycles. The zero-order chi connectivity index (χ0) is 19.1. The summed E-state index contributed by atoms with van der Waals surface area (Å²) in [5.74, 6) is -1.69. The second-order valence-electron chi connectivity index (χ2n) is 6.01. The van der Waals surface area contributed by atoms with Crippen LogP contribution in [0.15, 0.2) is 42.5 Å². The second kappa shape index (κ2) is 8.99. The molecular weight excluding hydrogens is 337 g/mol. The number of aliphatic carboxylic acids is 1. The SMILES string of the molecule is COc1cccc(CCC(=O)NC(CC(=O)O)c2ccccc2C)c1F. The van der Waals surface area contributed by atoms with Crippen LogP contribution in [-0.2, 0) is 16.0 Å². The highest BCUT2D eigenvalue weighted by molar-refractivity contribution is 5.78. The fourth-order valence-electron chi connectivity index (χ4n) is 2.81. The lowest BCUT2D eigenvalue weighted by Crippen LogP contribution is -2.30. The Kier molecular flexibility index (Phi) is 6.72. The van der Waals surface area contributed by atoms with Crippen LogP contribution in [0.4, 0.5) is 4.39 Å². The highest BCUT2D eigenvalue weighted by Crippen LogP contribution is 2.23. The molecule has 5 nitrogen and oxygen atoms in total. The topological polar surface area (TPSA) is 75.6 Å². The number of hydrogen-bond acceptors (Lipinski definition) is 3. The Morgan fingerprint density at radius 3 is 2.58 bits per heavy atom. The van der Waals surface area contributed by atoms with Crippen molar-refractivity contribution >= 4 is 11.9 Å². The van der Waals surface area contributed by atoms with Gasteiger partial charge in [-0.3, -0.25) is 9.59 Å². The van der Waals surface area contributed by atoms with E-state index < -0.39 is 17.8 Å². The van der Waals surface area contributed by atoms with Gasteiger partial charge in [-0.15, -0.1) is 0 Å². The summed E-state index contributed by atoms with van der Waals surface area (Å²) in [5, 5.41) is 11.9. The van der Waals surface area contributed by atoms with Gasteiger partial charge in [-0.25, -0.2) is 4.39 Å². The first-order chi connectivity index (χ1) is 12.4. The smallest absolute Gasteiger partial charge is 0.305 e. The summed E-state index contributed by atoms with van der Waals surface area (Å²) in [6.45, 7) is 1.86. The molecule has 1 amide bonds. The van der Waals surface area contributed by atoms with Crippen molar-refractivity contribution in [3.8, 4) is 5.75 Å². The number of rotatable bonds is 8. The summed E-state index contributed by atoms with van der Waals surface area (Å²) in [6, 6.07) is 11.5. The molecule has 2 N–H and O–H groups in total. The summed E-state index contributed by atoms with van der Waals surface area (Å²) in [7, 11) is 1.38. The zero-order valence-corrected chi connectivity index (χ0v) is 14.8. The van der Waals surface area contributed by atoms with Crippen molar-refractivity contribution in [2.24, 2.45) is 0 Å². The molecule has 0 fully saturated rings.